The van der Waals surface area contributed by atoms with Crippen LogP contribution in [0.2, 0.25) is 0 Å². The normalized spacial score (nSPS) is 37.6. The molecule has 2 bridgehead atoms. The third kappa shape index (κ3) is 3.36. The van der Waals surface area contributed by atoms with Crippen molar-refractivity contribution in [3.63, 3.8) is 0 Å². The number of quaternary nitrogens is 1. The van der Waals surface area contributed by atoms with E-state index in [4.69, 9.17) is 4.74 Å². The minimum absolute atomic E-state index is 0.0571. The zero-order chi connectivity index (χ0) is 17.2. The molecule has 3 unspecified atom stereocenters. The van der Waals surface area contributed by atoms with E-state index in [1.807, 2.05) is 0 Å². The van der Waals surface area contributed by atoms with Gasteiger partial charge < -0.3 is 9.64 Å². The number of esters is 1. The van der Waals surface area contributed by atoms with E-state index in [1.165, 1.54) is 37.8 Å². The van der Waals surface area contributed by atoms with Crippen LogP contribution >= 0.6 is 0 Å². The van der Waals surface area contributed by atoms with Gasteiger partial charge in [0.15, 0.2) is 6.10 Å². The Hall–Kier alpha value is -1.35. The molecule has 1 saturated carbocycles. The van der Waals surface area contributed by atoms with Gasteiger partial charge in [-0.15, -0.1) is 0 Å². The number of piperidine rings is 1. The van der Waals surface area contributed by atoms with E-state index in [9.17, 15) is 4.79 Å². The highest BCUT2D eigenvalue weighted by atomic mass is 16.5. The summed E-state index contributed by atoms with van der Waals surface area (Å²) in [5, 5.41) is 0. The summed E-state index contributed by atoms with van der Waals surface area (Å²) in [4.78, 5) is 14.8. The van der Waals surface area contributed by atoms with Crippen molar-refractivity contribution in [3.05, 3.63) is 35.9 Å². The summed E-state index contributed by atoms with van der Waals surface area (Å²) in [6.07, 6.45) is 9.58. The standard InChI is InChI=1S/C22H31NO2/c1-2-23-17-11-8-14-20(23)21(15-17)25-22(24)19-13-7-6-12-18(19)16-9-4-3-5-10-16/h3-5,9-10,17-21H,2,6-8,11-15H2,1H3/p+1/t17-,18?,19?,20+,21+/m0/s1. The number of likely N-dealkylation sites (N-methyl/N-ethyl adjacent to an activating group) is 1. The van der Waals surface area contributed by atoms with Gasteiger partial charge in [-0.25, -0.2) is 0 Å². The zero-order valence-electron chi connectivity index (χ0n) is 15.5. The van der Waals surface area contributed by atoms with Crippen molar-refractivity contribution in [3.8, 4) is 0 Å². The molecule has 2 saturated heterocycles. The minimum atomic E-state index is 0.0571. The van der Waals surface area contributed by atoms with E-state index in [0.717, 1.165) is 31.7 Å². The summed E-state index contributed by atoms with van der Waals surface area (Å²) in [6.45, 7) is 3.44. The van der Waals surface area contributed by atoms with Crippen molar-refractivity contribution in [2.45, 2.75) is 82.4 Å². The second-order valence-corrected chi connectivity index (χ2v) is 8.28. The zero-order valence-corrected chi connectivity index (χ0v) is 15.5. The molecule has 4 rings (SSSR count). The van der Waals surface area contributed by atoms with Crippen molar-refractivity contribution < 1.29 is 14.4 Å². The van der Waals surface area contributed by atoms with Crippen molar-refractivity contribution in [1.82, 2.24) is 0 Å². The average Bonchev–Trinajstić information content (AvgIpc) is 2.85. The summed E-state index contributed by atoms with van der Waals surface area (Å²) < 4.78 is 6.19. The third-order valence-corrected chi connectivity index (χ3v) is 7.01. The van der Waals surface area contributed by atoms with Gasteiger partial charge in [0.05, 0.1) is 18.5 Å². The largest absolute Gasteiger partial charge is 0.456 e. The SMILES string of the molecule is CC[NH+]1[C@H]2CCC[C@@H]1[C@H](OC(=O)C1CCCCC1c1ccccc1)C2. The molecule has 1 aromatic carbocycles. The van der Waals surface area contributed by atoms with Gasteiger partial charge in [0.1, 0.15) is 6.04 Å². The Bertz CT molecular complexity index is 587. The first kappa shape index (κ1) is 17.1. The number of carbonyl (C=O) groups excluding carboxylic acids is 1. The third-order valence-electron chi connectivity index (χ3n) is 7.01. The molecule has 2 heterocycles. The van der Waals surface area contributed by atoms with Gasteiger partial charge in [0.25, 0.3) is 0 Å². The summed E-state index contributed by atoms with van der Waals surface area (Å²) in [7, 11) is 0. The van der Waals surface area contributed by atoms with Crippen LogP contribution in [0.1, 0.15) is 69.8 Å². The van der Waals surface area contributed by atoms with Gasteiger partial charge in [-0.05, 0) is 44.1 Å². The molecule has 0 amide bonds. The topological polar surface area (TPSA) is 30.7 Å². The van der Waals surface area contributed by atoms with Crippen LogP contribution in [0, 0.1) is 5.92 Å². The van der Waals surface area contributed by atoms with E-state index in [0.29, 0.717) is 12.0 Å². The van der Waals surface area contributed by atoms with Crippen molar-refractivity contribution in [1.29, 1.82) is 0 Å². The molecule has 1 N–H and O–H groups in total. The lowest BCUT2D eigenvalue weighted by molar-refractivity contribution is -0.940. The fourth-order valence-electron chi connectivity index (χ4n) is 5.83. The lowest BCUT2D eigenvalue weighted by atomic mass is 9.75. The maximum absolute atomic E-state index is 13.1. The van der Waals surface area contributed by atoms with Gasteiger partial charge >= 0.3 is 5.97 Å². The van der Waals surface area contributed by atoms with Crippen LogP contribution in [0.25, 0.3) is 0 Å². The average molecular weight is 343 g/mol. The second-order valence-electron chi connectivity index (χ2n) is 8.28. The van der Waals surface area contributed by atoms with E-state index in [1.54, 1.807) is 4.90 Å². The molecule has 25 heavy (non-hydrogen) atoms. The van der Waals surface area contributed by atoms with Crippen LogP contribution in [0.5, 0.6) is 0 Å². The molecule has 1 aliphatic carbocycles. The summed E-state index contributed by atoms with van der Waals surface area (Å²) in [5.41, 5.74) is 1.31. The first-order valence-electron chi connectivity index (χ1n) is 10.4. The molecule has 0 spiro atoms. The molecule has 1 aromatic rings. The number of hydrogen-bond donors (Lipinski definition) is 1. The van der Waals surface area contributed by atoms with E-state index >= 15 is 0 Å². The van der Waals surface area contributed by atoms with Crippen LogP contribution in [0.3, 0.4) is 0 Å². The predicted octanol–water partition coefficient (Wildman–Crippen LogP) is 3.10. The fourth-order valence-corrected chi connectivity index (χ4v) is 5.83. The Morgan fingerprint density at radius 1 is 1.08 bits per heavy atom. The lowest BCUT2D eigenvalue weighted by Gasteiger charge is -2.33. The highest BCUT2D eigenvalue weighted by molar-refractivity contribution is 5.74. The van der Waals surface area contributed by atoms with Crippen LogP contribution in [0.4, 0.5) is 0 Å². The van der Waals surface area contributed by atoms with Crippen molar-refractivity contribution in [2.24, 2.45) is 5.92 Å². The van der Waals surface area contributed by atoms with Crippen molar-refractivity contribution >= 4 is 5.97 Å². The molecule has 3 fully saturated rings. The molecule has 136 valence electrons. The minimum Gasteiger partial charge on any atom is -0.456 e. The Kier molecular flexibility index (Phi) is 5.12. The number of ether oxygens (including phenoxy) is 1. The van der Waals surface area contributed by atoms with E-state index in [2.05, 4.69) is 37.3 Å². The molecule has 3 aliphatic rings. The smallest absolute Gasteiger partial charge is 0.310 e. The molecular formula is C22H32NO2+. The van der Waals surface area contributed by atoms with Crippen LogP contribution in [-0.4, -0.2) is 30.7 Å². The van der Waals surface area contributed by atoms with Crippen LogP contribution in [0.15, 0.2) is 30.3 Å². The molecule has 6 atom stereocenters. The van der Waals surface area contributed by atoms with Crippen LogP contribution < -0.4 is 4.90 Å². The molecule has 3 heteroatoms. The number of rotatable bonds is 4. The summed E-state index contributed by atoms with van der Waals surface area (Å²) in [5.74, 6) is 0.487. The molecule has 0 aromatic heterocycles. The Morgan fingerprint density at radius 3 is 2.64 bits per heavy atom. The Balaban J connectivity index is 1.46. The summed E-state index contributed by atoms with van der Waals surface area (Å²) in [6, 6.07) is 11.9. The van der Waals surface area contributed by atoms with Gasteiger partial charge in [-0.1, -0.05) is 43.2 Å². The predicted molar refractivity (Wildman–Crippen MR) is 98.6 cm³/mol. The number of fused-ring (bicyclic) bond motifs is 2. The first-order chi connectivity index (χ1) is 12.3. The Labute approximate surface area is 151 Å². The van der Waals surface area contributed by atoms with E-state index < -0.39 is 0 Å². The van der Waals surface area contributed by atoms with Crippen molar-refractivity contribution in [2.75, 3.05) is 6.54 Å². The summed E-state index contributed by atoms with van der Waals surface area (Å²) >= 11 is 0. The monoisotopic (exact) mass is 342 g/mol. The maximum atomic E-state index is 13.1. The lowest BCUT2D eigenvalue weighted by Crippen LogP contribution is -3.18. The van der Waals surface area contributed by atoms with E-state index in [-0.39, 0.29) is 18.0 Å². The van der Waals surface area contributed by atoms with Gasteiger partial charge in [-0.3, -0.25) is 4.79 Å². The Morgan fingerprint density at radius 2 is 1.88 bits per heavy atom. The number of carbonyl (C=O) groups is 1. The fraction of sp³-hybridized carbons (Fsp3) is 0.682. The molecule has 2 aliphatic heterocycles. The highest BCUT2D eigenvalue weighted by Gasteiger charge is 2.49. The molecule has 0 radical (unpaired) electrons. The quantitative estimate of drug-likeness (QED) is 0.853. The van der Waals surface area contributed by atoms with Gasteiger partial charge in [-0.2, -0.15) is 0 Å². The van der Waals surface area contributed by atoms with Gasteiger partial charge in [0, 0.05) is 12.8 Å². The van der Waals surface area contributed by atoms with Crippen LogP contribution in [-0.2, 0) is 9.53 Å². The van der Waals surface area contributed by atoms with Gasteiger partial charge in [0.2, 0.25) is 0 Å². The second kappa shape index (κ2) is 7.49. The number of hydrogen-bond acceptors (Lipinski definition) is 2. The number of nitrogens with one attached hydrogen (secondary N) is 1. The molecular weight excluding hydrogens is 310 g/mol. The first-order valence-corrected chi connectivity index (χ1v) is 10.4. The molecule has 3 nitrogen and oxygen atoms in total. The maximum Gasteiger partial charge on any atom is 0.310 e. The highest BCUT2D eigenvalue weighted by Crippen LogP contribution is 2.39. The number of benzene rings is 1.